The standard InChI is InChI=1S/C20H22BrN5O3/c1-13-19(21)17(11-28-4)16(9-22)20(24-13)29-12-18(27)25-23-10-14-5-7-15(8-6-14)26(2)3/h5-8,10H,11-12H2,1-4H3,(H,25,27)/b23-10-. The molecule has 0 saturated carbocycles. The molecule has 0 aliphatic heterocycles. The molecular formula is C20H22BrN5O3. The summed E-state index contributed by atoms with van der Waals surface area (Å²) in [4.78, 5) is 18.2. The Hall–Kier alpha value is -2.96. The summed E-state index contributed by atoms with van der Waals surface area (Å²) in [5, 5.41) is 13.4. The summed E-state index contributed by atoms with van der Waals surface area (Å²) < 4.78 is 11.3. The summed E-state index contributed by atoms with van der Waals surface area (Å²) in [6, 6.07) is 9.75. The van der Waals surface area contributed by atoms with Gasteiger partial charge in [-0.2, -0.15) is 10.4 Å². The van der Waals surface area contributed by atoms with Crippen LogP contribution in [0.2, 0.25) is 0 Å². The zero-order valence-corrected chi connectivity index (χ0v) is 18.3. The largest absolute Gasteiger partial charge is 0.467 e. The first kappa shape index (κ1) is 22.3. The van der Waals surface area contributed by atoms with E-state index in [1.165, 1.54) is 13.3 Å². The molecule has 29 heavy (non-hydrogen) atoms. The van der Waals surface area contributed by atoms with E-state index >= 15 is 0 Å². The zero-order valence-electron chi connectivity index (χ0n) is 16.7. The Balaban J connectivity index is 1.99. The highest BCUT2D eigenvalue weighted by atomic mass is 79.9. The highest BCUT2D eigenvalue weighted by Gasteiger charge is 2.18. The number of nitriles is 1. The molecule has 0 unspecified atom stereocenters. The fourth-order valence-electron chi connectivity index (χ4n) is 2.42. The van der Waals surface area contributed by atoms with Crippen LogP contribution in [0.4, 0.5) is 5.69 Å². The number of hydrazone groups is 1. The number of hydrogen-bond acceptors (Lipinski definition) is 7. The van der Waals surface area contributed by atoms with Gasteiger partial charge in [0.25, 0.3) is 5.91 Å². The van der Waals surface area contributed by atoms with E-state index in [1.54, 1.807) is 6.92 Å². The number of amides is 1. The lowest BCUT2D eigenvalue weighted by molar-refractivity contribution is -0.123. The van der Waals surface area contributed by atoms with Crippen LogP contribution in [0.1, 0.15) is 22.4 Å². The summed E-state index contributed by atoms with van der Waals surface area (Å²) in [5.74, 6) is -0.385. The summed E-state index contributed by atoms with van der Waals surface area (Å²) in [6.45, 7) is 1.65. The number of hydrogen-bond donors (Lipinski definition) is 1. The second kappa shape index (κ2) is 10.5. The fraction of sp³-hybridized carbons (Fsp3) is 0.300. The van der Waals surface area contributed by atoms with E-state index in [1.807, 2.05) is 43.3 Å². The maximum atomic E-state index is 12.0. The van der Waals surface area contributed by atoms with Crippen LogP contribution in [0.15, 0.2) is 33.8 Å². The molecule has 0 aliphatic rings. The molecule has 8 nitrogen and oxygen atoms in total. The SMILES string of the molecule is COCc1c(Br)c(C)nc(OCC(=O)N/N=C\c2ccc(N(C)C)cc2)c1C#N. The van der Waals surface area contributed by atoms with E-state index in [4.69, 9.17) is 9.47 Å². The van der Waals surface area contributed by atoms with Crippen molar-refractivity contribution in [2.24, 2.45) is 5.10 Å². The summed E-state index contributed by atoms with van der Waals surface area (Å²) >= 11 is 3.41. The molecular weight excluding hydrogens is 438 g/mol. The van der Waals surface area contributed by atoms with Gasteiger partial charge in [-0.25, -0.2) is 10.4 Å². The molecule has 9 heteroatoms. The number of aromatic nitrogens is 1. The molecule has 0 fully saturated rings. The highest BCUT2D eigenvalue weighted by molar-refractivity contribution is 9.10. The van der Waals surface area contributed by atoms with Gasteiger partial charge in [0, 0.05) is 36.9 Å². The van der Waals surface area contributed by atoms with Gasteiger partial charge in [0.1, 0.15) is 11.6 Å². The number of halogens is 1. The van der Waals surface area contributed by atoms with E-state index in [-0.39, 0.29) is 24.7 Å². The number of nitrogens with one attached hydrogen (secondary N) is 1. The molecule has 2 rings (SSSR count). The minimum atomic E-state index is -0.467. The van der Waals surface area contributed by atoms with Gasteiger partial charge in [-0.3, -0.25) is 4.79 Å². The molecule has 0 radical (unpaired) electrons. The van der Waals surface area contributed by atoms with Crippen LogP contribution in [0.25, 0.3) is 0 Å². The van der Waals surface area contributed by atoms with E-state index < -0.39 is 5.91 Å². The van der Waals surface area contributed by atoms with E-state index in [2.05, 4.69) is 37.5 Å². The highest BCUT2D eigenvalue weighted by Crippen LogP contribution is 2.29. The molecule has 0 bridgehead atoms. The molecule has 1 aromatic heterocycles. The van der Waals surface area contributed by atoms with Gasteiger partial charge in [0.15, 0.2) is 6.61 Å². The second-order valence-corrected chi connectivity index (χ2v) is 7.08. The van der Waals surface area contributed by atoms with Gasteiger partial charge in [0.05, 0.1) is 18.5 Å². The maximum Gasteiger partial charge on any atom is 0.278 e. The van der Waals surface area contributed by atoms with Crippen LogP contribution in [0.5, 0.6) is 5.88 Å². The first-order valence-corrected chi connectivity index (χ1v) is 9.46. The van der Waals surface area contributed by atoms with Gasteiger partial charge in [-0.05, 0) is 40.5 Å². The van der Waals surface area contributed by atoms with Crippen molar-refractivity contribution in [3.8, 4) is 11.9 Å². The number of benzene rings is 1. The number of pyridine rings is 1. The smallest absolute Gasteiger partial charge is 0.278 e. The van der Waals surface area contributed by atoms with Crippen LogP contribution in [-0.2, 0) is 16.1 Å². The zero-order chi connectivity index (χ0) is 21.4. The number of rotatable bonds is 8. The molecule has 1 amide bonds. The molecule has 152 valence electrons. The Labute approximate surface area is 178 Å². The van der Waals surface area contributed by atoms with E-state index in [0.717, 1.165) is 11.3 Å². The first-order chi connectivity index (χ1) is 13.9. The molecule has 0 saturated heterocycles. The van der Waals surface area contributed by atoms with Crippen LogP contribution in [-0.4, -0.2) is 44.9 Å². The average molecular weight is 460 g/mol. The van der Waals surface area contributed by atoms with Crippen LogP contribution in [0.3, 0.4) is 0 Å². The minimum Gasteiger partial charge on any atom is -0.467 e. The Kier molecular flexibility index (Phi) is 8.12. The van der Waals surface area contributed by atoms with E-state index in [9.17, 15) is 10.1 Å². The van der Waals surface area contributed by atoms with Crippen LogP contribution >= 0.6 is 15.9 Å². The number of carbonyl (C=O) groups excluding carboxylic acids is 1. The van der Waals surface area contributed by atoms with Gasteiger partial charge in [-0.1, -0.05) is 12.1 Å². The third-order valence-electron chi connectivity index (χ3n) is 3.92. The maximum absolute atomic E-state index is 12.0. The quantitative estimate of drug-likeness (QED) is 0.481. The van der Waals surface area contributed by atoms with Crippen molar-refractivity contribution < 1.29 is 14.3 Å². The summed E-state index contributed by atoms with van der Waals surface area (Å²) in [6.07, 6.45) is 1.54. The lowest BCUT2D eigenvalue weighted by atomic mass is 10.1. The van der Waals surface area contributed by atoms with Gasteiger partial charge < -0.3 is 14.4 Å². The topological polar surface area (TPSA) is 99.8 Å². The predicted octanol–water partition coefficient (Wildman–Crippen LogP) is 2.77. The second-order valence-electron chi connectivity index (χ2n) is 6.28. The van der Waals surface area contributed by atoms with Gasteiger partial charge in [-0.15, -0.1) is 0 Å². The summed E-state index contributed by atoms with van der Waals surface area (Å²) in [5.41, 5.74) is 5.78. The number of carbonyl (C=O) groups is 1. The molecule has 0 spiro atoms. The first-order valence-electron chi connectivity index (χ1n) is 8.67. The number of anilines is 1. The Bertz CT molecular complexity index is 937. The van der Waals surface area contributed by atoms with Crippen molar-refractivity contribution in [3.63, 3.8) is 0 Å². The van der Waals surface area contributed by atoms with E-state index in [0.29, 0.717) is 15.7 Å². The average Bonchev–Trinajstić information content (AvgIpc) is 2.70. The lowest BCUT2D eigenvalue weighted by Crippen LogP contribution is -2.25. The Morgan fingerprint density at radius 3 is 2.66 bits per heavy atom. The fourth-order valence-corrected chi connectivity index (χ4v) is 2.82. The van der Waals surface area contributed by atoms with Crippen molar-refractivity contribution in [3.05, 3.63) is 51.1 Å². The van der Waals surface area contributed by atoms with Gasteiger partial charge in [0.2, 0.25) is 5.88 Å². The molecule has 1 heterocycles. The lowest BCUT2D eigenvalue weighted by Gasteiger charge is -2.13. The van der Waals surface area contributed by atoms with Crippen molar-refractivity contribution >= 4 is 33.7 Å². The summed E-state index contributed by atoms with van der Waals surface area (Å²) in [7, 11) is 5.45. The minimum absolute atomic E-state index is 0.0821. The third kappa shape index (κ3) is 6.01. The number of aryl methyl sites for hydroxylation is 1. The van der Waals surface area contributed by atoms with Crippen LogP contribution in [0, 0.1) is 18.3 Å². The molecule has 1 aromatic carbocycles. The van der Waals surface area contributed by atoms with Gasteiger partial charge >= 0.3 is 0 Å². The molecule has 0 atom stereocenters. The molecule has 0 aliphatic carbocycles. The predicted molar refractivity (Wildman–Crippen MR) is 114 cm³/mol. The number of ether oxygens (including phenoxy) is 2. The van der Waals surface area contributed by atoms with Crippen molar-refractivity contribution in [1.82, 2.24) is 10.4 Å². The number of nitrogens with zero attached hydrogens (tertiary/aromatic N) is 4. The monoisotopic (exact) mass is 459 g/mol. The van der Waals surface area contributed by atoms with Crippen molar-refractivity contribution in [1.29, 1.82) is 5.26 Å². The number of methoxy groups -OCH3 is 1. The van der Waals surface area contributed by atoms with Crippen molar-refractivity contribution in [2.45, 2.75) is 13.5 Å². The third-order valence-corrected chi connectivity index (χ3v) is 4.97. The molecule has 2 aromatic rings. The molecule has 1 N–H and O–H groups in total. The van der Waals surface area contributed by atoms with Crippen LogP contribution < -0.4 is 15.1 Å². The Morgan fingerprint density at radius 2 is 2.07 bits per heavy atom. The van der Waals surface area contributed by atoms with Crippen molar-refractivity contribution in [2.75, 3.05) is 32.7 Å². The normalized spacial score (nSPS) is 10.6. The Morgan fingerprint density at radius 1 is 1.38 bits per heavy atom.